The maximum absolute atomic E-state index is 12.2. The number of fused-ring (bicyclic) bond motifs is 1. The molecule has 31 heavy (non-hydrogen) atoms. The van der Waals surface area contributed by atoms with E-state index in [-0.39, 0.29) is 12.5 Å². The number of nitrogens with one attached hydrogen (secondary N) is 1. The van der Waals surface area contributed by atoms with Crippen LogP contribution < -0.4 is 14.8 Å². The standard InChI is InChI=1S/C24H22N4O3/c1-2-30-23-14-18(15-26-28-17-25-20-10-6-7-11-21(20)28)12-13-22(23)31-16-24(29)27-19-8-4-3-5-9-19/h3-15,17H,2,16H2,1H3,(H,27,29)/b26-15-. The van der Waals surface area contributed by atoms with Crippen LogP contribution in [-0.4, -0.2) is 35.0 Å². The number of hydrogen-bond donors (Lipinski definition) is 1. The molecule has 1 N–H and O–H groups in total. The molecule has 3 aromatic carbocycles. The predicted octanol–water partition coefficient (Wildman–Crippen LogP) is 4.33. The summed E-state index contributed by atoms with van der Waals surface area (Å²) < 4.78 is 13.1. The van der Waals surface area contributed by atoms with Crippen LogP contribution in [0.3, 0.4) is 0 Å². The maximum atomic E-state index is 12.2. The first kappa shape index (κ1) is 20.2. The highest BCUT2D eigenvalue weighted by atomic mass is 16.5. The molecule has 0 spiro atoms. The van der Waals surface area contributed by atoms with Gasteiger partial charge in [-0.1, -0.05) is 30.3 Å². The summed E-state index contributed by atoms with van der Waals surface area (Å²) in [5.74, 6) is 0.802. The molecule has 0 aliphatic rings. The molecule has 0 bridgehead atoms. The molecule has 156 valence electrons. The fourth-order valence-corrected chi connectivity index (χ4v) is 3.02. The molecule has 1 heterocycles. The van der Waals surface area contributed by atoms with Crippen LogP contribution in [-0.2, 0) is 4.79 Å². The monoisotopic (exact) mass is 414 g/mol. The average molecular weight is 414 g/mol. The number of carbonyl (C=O) groups is 1. The lowest BCUT2D eigenvalue weighted by Gasteiger charge is -2.12. The van der Waals surface area contributed by atoms with Crippen molar-refractivity contribution in [3.63, 3.8) is 0 Å². The van der Waals surface area contributed by atoms with Crippen LogP contribution in [0.5, 0.6) is 11.5 Å². The van der Waals surface area contributed by atoms with Crippen LogP contribution in [0.4, 0.5) is 5.69 Å². The fourth-order valence-electron chi connectivity index (χ4n) is 3.02. The maximum Gasteiger partial charge on any atom is 0.262 e. The van der Waals surface area contributed by atoms with Gasteiger partial charge in [0, 0.05) is 5.69 Å². The second-order valence-corrected chi connectivity index (χ2v) is 6.66. The van der Waals surface area contributed by atoms with Gasteiger partial charge in [-0.05, 0) is 55.0 Å². The fraction of sp³-hybridized carbons (Fsp3) is 0.125. The minimum atomic E-state index is -0.244. The topological polar surface area (TPSA) is 77.7 Å². The highest BCUT2D eigenvalue weighted by Crippen LogP contribution is 2.28. The Kier molecular flexibility index (Phi) is 6.23. The van der Waals surface area contributed by atoms with Crippen molar-refractivity contribution < 1.29 is 14.3 Å². The normalized spacial score (nSPS) is 11.0. The van der Waals surface area contributed by atoms with Gasteiger partial charge in [-0.15, -0.1) is 0 Å². The third-order valence-electron chi connectivity index (χ3n) is 4.45. The van der Waals surface area contributed by atoms with E-state index in [0.717, 1.165) is 22.3 Å². The third-order valence-corrected chi connectivity index (χ3v) is 4.45. The molecule has 0 aliphatic heterocycles. The van der Waals surface area contributed by atoms with Gasteiger partial charge in [0.2, 0.25) is 0 Å². The summed E-state index contributed by atoms with van der Waals surface area (Å²) in [6, 6.07) is 22.5. The van der Waals surface area contributed by atoms with Crippen molar-refractivity contribution in [1.29, 1.82) is 0 Å². The van der Waals surface area contributed by atoms with Crippen molar-refractivity contribution in [1.82, 2.24) is 9.66 Å². The lowest BCUT2D eigenvalue weighted by molar-refractivity contribution is -0.118. The second-order valence-electron chi connectivity index (χ2n) is 6.66. The smallest absolute Gasteiger partial charge is 0.262 e. The van der Waals surface area contributed by atoms with Gasteiger partial charge in [0.15, 0.2) is 18.1 Å². The number of nitrogens with zero attached hydrogens (tertiary/aromatic N) is 3. The predicted molar refractivity (Wildman–Crippen MR) is 121 cm³/mol. The van der Waals surface area contributed by atoms with E-state index in [9.17, 15) is 4.79 Å². The molecule has 0 aliphatic carbocycles. The number of amides is 1. The van der Waals surface area contributed by atoms with Gasteiger partial charge in [-0.2, -0.15) is 5.10 Å². The SMILES string of the molecule is CCOc1cc(/C=N\n2cnc3ccccc32)ccc1OCC(=O)Nc1ccccc1. The molecule has 1 amide bonds. The molecule has 7 heteroatoms. The van der Waals surface area contributed by atoms with E-state index in [1.807, 2.05) is 73.7 Å². The van der Waals surface area contributed by atoms with E-state index in [1.165, 1.54) is 0 Å². The molecule has 0 saturated carbocycles. The molecule has 0 fully saturated rings. The molecule has 0 saturated heterocycles. The van der Waals surface area contributed by atoms with Crippen molar-refractivity contribution in [3.8, 4) is 11.5 Å². The third kappa shape index (κ3) is 5.08. The van der Waals surface area contributed by atoms with Crippen molar-refractivity contribution in [2.45, 2.75) is 6.92 Å². The number of imidazole rings is 1. The first-order chi connectivity index (χ1) is 15.2. The Bertz CT molecular complexity index is 1200. The Hall–Kier alpha value is -4.13. The summed E-state index contributed by atoms with van der Waals surface area (Å²) in [7, 11) is 0. The van der Waals surface area contributed by atoms with Crippen molar-refractivity contribution >= 4 is 28.8 Å². The van der Waals surface area contributed by atoms with Gasteiger partial charge in [0.1, 0.15) is 6.33 Å². The number of hydrogen-bond acceptors (Lipinski definition) is 5. The number of para-hydroxylation sites is 3. The van der Waals surface area contributed by atoms with E-state index < -0.39 is 0 Å². The Labute approximate surface area is 179 Å². The van der Waals surface area contributed by atoms with E-state index in [0.29, 0.717) is 18.1 Å². The van der Waals surface area contributed by atoms with Crippen LogP contribution in [0.25, 0.3) is 11.0 Å². The second kappa shape index (κ2) is 9.58. The Morgan fingerprint density at radius 3 is 2.68 bits per heavy atom. The van der Waals surface area contributed by atoms with Crippen molar-refractivity contribution in [2.75, 3.05) is 18.5 Å². The summed E-state index contributed by atoms with van der Waals surface area (Å²) >= 11 is 0. The van der Waals surface area contributed by atoms with Crippen LogP contribution in [0, 0.1) is 0 Å². The summed E-state index contributed by atoms with van der Waals surface area (Å²) in [5, 5.41) is 7.28. The molecular formula is C24H22N4O3. The number of anilines is 1. The van der Waals surface area contributed by atoms with Crippen LogP contribution >= 0.6 is 0 Å². The summed E-state index contributed by atoms with van der Waals surface area (Å²) in [5.41, 5.74) is 3.36. The zero-order chi connectivity index (χ0) is 21.5. The van der Waals surface area contributed by atoms with Crippen LogP contribution in [0.2, 0.25) is 0 Å². The number of aromatic nitrogens is 2. The number of benzene rings is 3. The largest absolute Gasteiger partial charge is 0.490 e. The number of rotatable bonds is 8. The van der Waals surface area contributed by atoms with Gasteiger partial charge in [0.25, 0.3) is 5.91 Å². The average Bonchev–Trinajstić information content (AvgIpc) is 3.21. The highest BCUT2D eigenvalue weighted by molar-refractivity contribution is 5.91. The lowest BCUT2D eigenvalue weighted by atomic mass is 10.2. The minimum absolute atomic E-state index is 0.122. The van der Waals surface area contributed by atoms with Gasteiger partial charge in [0.05, 0.1) is 23.9 Å². The van der Waals surface area contributed by atoms with E-state index in [1.54, 1.807) is 23.3 Å². The van der Waals surface area contributed by atoms with E-state index in [2.05, 4.69) is 15.4 Å². The first-order valence-corrected chi connectivity index (χ1v) is 9.94. The van der Waals surface area contributed by atoms with Crippen molar-refractivity contribution in [2.24, 2.45) is 5.10 Å². The van der Waals surface area contributed by atoms with Gasteiger partial charge >= 0.3 is 0 Å². The van der Waals surface area contributed by atoms with Crippen LogP contribution in [0.15, 0.2) is 84.2 Å². The van der Waals surface area contributed by atoms with Crippen molar-refractivity contribution in [3.05, 3.63) is 84.7 Å². The zero-order valence-electron chi connectivity index (χ0n) is 17.1. The van der Waals surface area contributed by atoms with Crippen LogP contribution in [0.1, 0.15) is 12.5 Å². The Balaban J connectivity index is 1.45. The number of ether oxygens (including phenoxy) is 2. The molecule has 1 aromatic heterocycles. The number of carbonyl (C=O) groups excluding carboxylic acids is 1. The Morgan fingerprint density at radius 1 is 1.03 bits per heavy atom. The first-order valence-electron chi connectivity index (χ1n) is 9.94. The van der Waals surface area contributed by atoms with Gasteiger partial charge < -0.3 is 14.8 Å². The lowest BCUT2D eigenvalue weighted by Crippen LogP contribution is -2.20. The van der Waals surface area contributed by atoms with E-state index in [4.69, 9.17) is 9.47 Å². The molecule has 0 atom stereocenters. The van der Waals surface area contributed by atoms with Gasteiger partial charge in [-0.25, -0.2) is 9.66 Å². The van der Waals surface area contributed by atoms with Gasteiger partial charge in [-0.3, -0.25) is 4.79 Å². The quantitative estimate of drug-likeness (QED) is 0.435. The molecule has 0 radical (unpaired) electrons. The summed E-state index contributed by atoms with van der Waals surface area (Å²) in [6.45, 7) is 2.24. The molecular weight excluding hydrogens is 392 g/mol. The Morgan fingerprint density at radius 2 is 1.84 bits per heavy atom. The molecule has 7 nitrogen and oxygen atoms in total. The zero-order valence-corrected chi connectivity index (χ0v) is 17.1. The van der Waals surface area contributed by atoms with E-state index >= 15 is 0 Å². The molecule has 0 unspecified atom stereocenters. The minimum Gasteiger partial charge on any atom is -0.490 e. The highest BCUT2D eigenvalue weighted by Gasteiger charge is 2.09. The molecule has 4 rings (SSSR count). The molecule has 4 aromatic rings. The summed E-state index contributed by atoms with van der Waals surface area (Å²) in [4.78, 5) is 16.5. The summed E-state index contributed by atoms with van der Waals surface area (Å²) in [6.07, 6.45) is 3.40.